The van der Waals surface area contributed by atoms with Crippen molar-refractivity contribution in [3.8, 4) is 16.5 Å². The molecule has 6 heterocycles. The second kappa shape index (κ2) is 7.48. The number of H-pyrrole nitrogens is 1. The van der Waals surface area contributed by atoms with Crippen molar-refractivity contribution in [3.05, 3.63) is 81.2 Å². The number of pyridine rings is 1. The molecule has 0 bridgehead atoms. The molecule has 0 saturated carbocycles. The van der Waals surface area contributed by atoms with E-state index in [-0.39, 0.29) is 17.4 Å². The van der Waals surface area contributed by atoms with Crippen LogP contribution in [0.1, 0.15) is 26.6 Å². The first-order chi connectivity index (χ1) is 16.1. The molecule has 5 aromatic rings. The van der Waals surface area contributed by atoms with Gasteiger partial charge in [0.25, 0.3) is 11.5 Å². The third kappa shape index (κ3) is 3.24. The molecule has 164 valence electrons. The van der Waals surface area contributed by atoms with E-state index in [1.54, 1.807) is 49.0 Å². The topological polar surface area (TPSA) is 114 Å². The summed E-state index contributed by atoms with van der Waals surface area (Å²) in [5.41, 5.74) is 3.28. The van der Waals surface area contributed by atoms with Crippen LogP contribution in [0, 0.1) is 6.92 Å². The second-order valence-electron chi connectivity index (χ2n) is 7.78. The van der Waals surface area contributed by atoms with Crippen LogP contribution < -0.4 is 5.56 Å². The average molecular weight is 459 g/mol. The van der Waals surface area contributed by atoms with Gasteiger partial charge in [-0.05, 0) is 31.2 Å². The molecule has 10 nitrogen and oxygen atoms in total. The number of hydrogen-bond acceptors (Lipinski definition) is 7. The predicted molar refractivity (Wildman–Crippen MR) is 121 cm³/mol. The number of aromatic amines is 1. The maximum Gasteiger partial charge on any atom is 0.276 e. The number of fused-ring (bicyclic) bond motifs is 2. The fourth-order valence-corrected chi connectivity index (χ4v) is 5.13. The molecule has 5 aromatic heterocycles. The van der Waals surface area contributed by atoms with Crippen molar-refractivity contribution in [2.45, 2.75) is 19.9 Å². The largest absolute Gasteiger partial charge is 0.333 e. The highest BCUT2D eigenvalue weighted by molar-refractivity contribution is 7.15. The number of thiazole rings is 1. The second-order valence-corrected chi connectivity index (χ2v) is 8.86. The highest BCUT2D eigenvalue weighted by atomic mass is 32.1. The quantitative estimate of drug-likeness (QED) is 0.444. The zero-order valence-corrected chi connectivity index (χ0v) is 18.4. The fourth-order valence-electron chi connectivity index (χ4n) is 4.01. The highest BCUT2D eigenvalue weighted by Crippen LogP contribution is 2.32. The van der Waals surface area contributed by atoms with Crippen LogP contribution in [-0.4, -0.2) is 51.7 Å². The predicted octanol–water partition coefficient (Wildman–Crippen LogP) is 2.23. The van der Waals surface area contributed by atoms with E-state index < -0.39 is 0 Å². The summed E-state index contributed by atoms with van der Waals surface area (Å²) in [4.78, 5) is 40.2. The summed E-state index contributed by atoms with van der Waals surface area (Å²) in [6.45, 7) is 2.88. The summed E-state index contributed by atoms with van der Waals surface area (Å²) >= 11 is 1.60. The Bertz CT molecular complexity index is 1560. The van der Waals surface area contributed by atoms with Crippen LogP contribution in [0.25, 0.3) is 22.0 Å². The van der Waals surface area contributed by atoms with Gasteiger partial charge in [0.2, 0.25) is 5.95 Å². The van der Waals surface area contributed by atoms with Crippen LogP contribution in [0.3, 0.4) is 0 Å². The number of rotatable bonds is 3. The molecular weight excluding hydrogens is 440 g/mol. The van der Waals surface area contributed by atoms with E-state index in [1.807, 2.05) is 17.0 Å². The van der Waals surface area contributed by atoms with Gasteiger partial charge >= 0.3 is 0 Å². The van der Waals surface area contributed by atoms with Crippen molar-refractivity contribution in [1.29, 1.82) is 0 Å². The van der Waals surface area contributed by atoms with E-state index in [0.29, 0.717) is 36.3 Å². The maximum absolute atomic E-state index is 13.3. The first-order valence-electron chi connectivity index (χ1n) is 10.4. The number of nitrogens with one attached hydrogen (secondary N) is 1. The van der Waals surface area contributed by atoms with Gasteiger partial charge in [0.1, 0.15) is 10.5 Å². The van der Waals surface area contributed by atoms with Gasteiger partial charge in [-0.1, -0.05) is 0 Å². The number of hydrogen-bond donors (Lipinski definition) is 1. The molecule has 1 amide bonds. The molecule has 1 aliphatic heterocycles. The Morgan fingerprint density at radius 1 is 1.21 bits per heavy atom. The minimum absolute atomic E-state index is 0.106. The zero-order chi connectivity index (χ0) is 22.5. The molecule has 0 radical (unpaired) electrons. The molecule has 0 saturated heterocycles. The van der Waals surface area contributed by atoms with E-state index in [9.17, 15) is 9.59 Å². The lowest BCUT2D eigenvalue weighted by molar-refractivity contribution is 0.0735. The SMILES string of the molecule is Cc1c(C(=O)N2CCc3nc(-c4cccnc4)sc3C2)cnn1-c1nn2cccc2c(=O)[nH]1. The monoisotopic (exact) mass is 458 g/mol. The summed E-state index contributed by atoms with van der Waals surface area (Å²) < 4.78 is 2.98. The van der Waals surface area contributed by atoms with E-state index in [0.717, 1.165) is 21.1 Å². The van der Waals surface area contributed by atoms with E-state index in [1.165, 1.54) is 15.4 Å². The van der Waals surface area contributed by atoms with Gasteiger partial charge in [-0.25, -0.2) is 14.2 Å². The minimum atomic E-state index is -0.272. The van der Waals surface area contributed by atoms with E-state index in [2.05, 4.69) is 20.2 Å². The van der Waals surface area contributed by atoms with Gasteiger partial charge in [-0.2, -0.15) is 5.10 Å². The lowest BCUT2D eigenvalue weighted by Gasteiger charge is -2.26. The van der Waals surface area contributed by atoms with Crippen LogP contribution in [0.5, 0.6) is 0 Å². The zero-order valence-electron chi connectivity index (χ0n) is 17.6. The molecule has 0 atom stereocenters. The number of amides is 1. The molecule has 6 rings (SSSR count). The van der Waals surface area contributed by atoms with Gasteiger partial charge in [-0.3, -0.25) is 19.6 Å². The molecule has 1 aliphatic rings. The van der Waals surface area contributed by atoms with Crippen molar-refractivity contribution in [3.63, 3.8) is 0 Å². The van der Waals surface area contributed by atoms with Gasteiger partial charge < -0.3 is 4.90 Å². The van der Waals surface area contributed by atoms with Crippen LogP contribution >= 0.6 is 11.3 Å². The Morgan fingerprint density at radius 2 is 2.12 bits per heavy atom. The van der Waals surface area contributed by atoms with Crippen molar-refractivity contribution in [2.24, 2.45) is 0 Å². The number of nitrogens with zero attached hydrogens (tertiary/aromatic N) is 7. The average Bonchev–Trinajstić information content (AvgIpc) is 3.56. The molecular formula is C22H18N8O2S. The smallest absolute Gasteiger partial charge is 0.276 e. The van der Waals surface area contributed by atoms with Gasteiger partial charge in [0.05, 0.1) is 29.7 Å². The Hall–Kier alpha value is -4.12. The highest BCUT2D eigenvalue weighted by Gasteiger charge is 2.28. The lowest BCUT2D eigenvalue weighted by atomic mass is 10.1. The molecule has 1 N–H and O–H groups in total. The fraction of sp³-hybridized carbons (Fsp3) is 0.182. The van der Waals surface area contributed by atoms with Gasteiger partial charge in [0.15, 0.2) is 0 Å². The molecule has 0 unspecified atom stereocenters. The summed E-state index contributed by atoms with van der Waals surface area (Å²) in [5, 5.41) is 9.65. The first kappa shape index (κ1) is 19.6. The van der Waals surface area contributed by atoms with Crippen molar-refractivity contribution in [2.75, 3.05) is 6.54 Å². The summed E-state index contributed by atoms with van der Waals surface area (Å²) in [7, 11) is 0. The molecule has 0 fully saturated rings. The summed E-state index contributed by atoms with van der Waals surface area (Å²) in [5.74, 6) is 0.148. The Morgan fingerprint density at radius 3 is 2.97 bits per heavy atom. The lowest BCUT2D eigenvalue weighted by Crippen LogP contribution is -2.35. The van der Waals surface area contributed by atoms with Crippen molar-refractivity contribution in [1.82, 2.24) is 39.2 Å². The summed E-state index contributed by atoms with van der Waals surface area (Å²) in [6, 6.07) is 7.31. The standard InChI is InChI=1S/C22H18N8O2S/c1-13-15(11-24-30(13)22-26-19(31)17-5-3-8-29(17)27-22)21(32)28-9-6-16-18(12-28)33-20(25-16)14-4-2-7-23-10-14/h2-5,7-8,10-11H,6,9,12H2,1H3,(H,26,27,31). The van der Waals surface area contributed by atoms with Crippen LogP contribution in [0.4, 0.5) is 0 Å². The van der Waals surface area contributed by atoms with Crippen LogP contribution in [0.2, 0.25) is 0 Å². The van der Waals surface area contributed by atoms with Crippen molar-refractivity contribution < 1.29 is 4.79 Å². The summed E-state index contributed by atoms with van der Waals surface area (Å²) in [6.07, 6.45) is 7.46. The molecule has 0 aromatic carbocycles. The Balaban J connectivity index is 1.28. The molecule has 0 spiro atoms. The molecule has 0 aliphatic carbocycles. The molecule has 33 heavy (non-hydrogen) atoms. The van der Waals surface area contributed by atoms with Crippen molar-refractivity contribution >= 4 is 22.8 Å². The van der Waals surface area contributed by atoms with Crippen LogP contribution in [0.15, 0.2) is 53.8 Å². The molecule has 11 heteroatoms. The number of aromatic nitrogens is 7. The first-order valence-corrected chi connectivity index (χ1v) is 11.2. The van der Waals surface area contributed by atoms with Gasteiger partial charge in [0, 0.05) is 42.0 Å². The van der Waals surface area contributed by atoms with E-state index in [4.69, 9.17) is 4.98 Å². The Kier molecular flexibility index (Phi) is 4.44. The maximum atomic E-state index is 13.3. The van der Waals surface area contributed by atoms with Crippen LogP contribution in [-0.2, 0) is 13.0 Å². The van der Waals surface area contributed by atoms with E-state index >= 15 is 0 Å². The number of carbonyl (C=O) groups excluding carboxylic acids is 1. The minimum Gasteiger partial charge on any atom is -0.333 e. The normalized spacial score (nSPS) is 13.4. The number of carbonyl (C=O) groups is 1. The Labute approximate surface area is 191 Å². The van der Waals surface area contributed by atoms with Gasteiger partial charge in [-0.15, -0.1) is 16.4 Å². The third-order valence-electron chi connectivity index (χ3n) is 5.76. The third-order valence-corrected chi connectivity index (χ3v) is 6.89.